The van der Waals surface area contributed by atoms with E-state index in [4.69, 9.17) is 0 Å². The summed E-state index contributed by atoms with van der Waals surface area (Å²) in [5.41, 5.74) is 27.2. The fourth-order valence-electron chi connectivity index (χ4n) is 16.8. The molecule has 456 valence electrons. The van der Waals surface area contributed by atoms with E-state index in [1.165, 1.54) is 92.6 Å². The molecule has 21 rings (SSSR count). The maximum Gasteiger partial charge on any atom is 0.252 e. The molecule has 0 fully saturated rings. The molecule has 2 aliphatic heterocycles. The van der Waals surface area contributed by atoms with Crippen LogP contribution in [-0.4, -0.2) is 25.0 Å². The molecule has 2 aliphatic rings. The summed E-state index contributed by atoms with van der Waals surface area (Å²) < 4.78 is 9.88. The van der Waals surface area contributed by atoms with Gasteiger partial charge in [-0.3, -0.25) is 0 Å². The average Bonchev–Trinajstić information content (AvgIpc) is 0.891. The zero-order chi connectivity index (χ0) is 64.1. The van der Waals surface area contributed by atoms with Crippen LogP contribution in [0, 0.1) is 0 Å². The number of anilines is 9. The third-order valence-electron chi connectivity index (χ3n) is 20.8. The molecule has 0 aliphatic carbocycles. The lowest BCUT2D eigenvalue weighted by molar-refractivity contribution is 1.15. The fourth-order valence-corrected chi connectivity index (χ4v) is 16.8. The van der Waals surface area contributed by atoms with Crippen LogP contribution in [0.25, 0.3) is 110 Å². The normalized spacial score (nSPS) is 12.6. The highest BCUT2D eigenvalue weighted by Crippen LogP contribution is 2.50. The van der Waals surface area contributed by atoms with Crippen molar-refractivity contribution in [3.63, 3.8) is 0 Å². The van der Waals surface area contributed by atoms with Crippen LogP contribution in [0.2, 0.25) is 0 Å². The molecule has 0 N–H and O–H groups in total. The van der Waals surface area contributed by atoms with E-state index < -0.39 is 0 Å². The lowest BCUT2D eigenvalue weighted by atomic mass is 9.33. The van der Waals surface area contributed by atoms with Crippen molar-refractivity contribution in [2.75, 3.05) is 14.7 Å². The molecule has 0 radical (unpaired) electrons. The Hall–Kier alpha value is -13.0. The summed E-state index contributed by atoms with van der Waals surface area (Å²) in [6, 6.07) is 130. The highest BCUT2D eigenvalue weighted by atomic mass is 15.2. The van der Waals surface area contributed by atoms with E-state index in [1.54, 1.807) is 0 Å². The SMILES string of the molecule is c1ccc(N(c2ccccc2)c2cc3c4c(c2)N(c2ccccc2)c2cc(-n5c6ccc(-n7c8ccccc8c8ccccc87)cc6c6cc(-n7c8ccccc8c8ccccc87)ccc65)ccc2B4c2ccc(-n4c5ccccc5c5ccccc54)cc2N3c2ccccc2)cc1. The zero-order valence-electron chi connectivity index (χ0n) is 53.2. The van der Waals surface area contributed by atoms with Gasteiger partial charge in [0, 0.05) is 111 Å². The molecule has 0 saturated heterocycles. The highest BCUT2D eigenvalue weighted by Gasteiger charge is 2.45. The van der Waals surface area contributed by atoms with Crippen LogP contribution in [0.3, 0.4) is 0 Å². The molecule has 8 heteroatoms. The Labute approximate surface area is 565 Å². The smallest absolute Gasteiger partial charge is 0.252 e. The van der Waals surface area contributed by atoms with E-state index in [2.05, 4.69) is 385 Å². The molecule has 7 nitrogen and oxygen atoms in total. The van der Waals surface area contributed by atoms with Crippen LogP contribution in [0.15, 0.2) is 352 Å². The fraction of sp³-hybridized carbons (Fsp3) is 0. The quantitative estimate of drug-likeness (QED) is 0.135. The summed E-state index contributed by atoms with van der Waals surface area (Å²) in [6.45, 7) is -0.178. The van der Waals surface area contributed by atoms with Crippen LogP contribution in [0.4, 0.5) is 51.2 Å². The Balaban J connectivity index is 0.848. The molecular weight excluding hydrogens is 1190 g/mol. The van der Waals surface area contributed by atoms with E-state index in [0.29, 0.717) is 0 Å². The monoisotopic (exact) mass is 1250 g/mol. The van der Waals surface area contributed by atoms with Crippen LogP contribution >= 0.6 is 0 Å². The first-order valence-electron chi connectivity index (χ1n) is 33.8. The van der Waals surface area contributed by atoms with Crippen molar-refractivity contribution in [3.8, 4) is 22.7 Å². The third kappa shape index (κ3) is 7.94. The Morgan fingerprint density at radius 1 is 0.194 bits per heavy atom. The summed E-state index contributed by atoms with van der Waals surface area (Å²) in [4.78, 5) is 7.52. The van der Waals surface area contributed by atoms with Crippen molar-refractivity contribution in [2.45, 2.75) is 0 Å². The first kappa shape index (κ1) is 54.4. The van der Waals surface area contributed by atoms with Crippen LogP contribution in [-0.2, 0) is 0 Å². The lowest BCUT2D eigenvalue weighted by Gasteiger charge is -2.45. The number of hydrogen-bond acceptors (Lipinski definition) is 3. The minimum atomic E-state index is -0.178. The zero-order valence-corrected chi connectivity index (χ0v) is 53.2. The molecule has 15 aromatic carbocycles. The first-order chi connectivity index (χ1) is 48.7. The van der Waals surface area contributed by atoms with Gasteiger partial charge in [-0.15, -0.1) is 0 Å². The summed E-state index contributed by atoms with van der Waals surface area (Å²) in [6.07, 6.45) is 0. The topological polar surface area (TPSA) is 29.4 Å². The van der Waals surface area contributed by atoms with Gasteiger partial charge in [0.25, 0.3) is 6.71 Å². The van der Waals surface area contributed by atoms with Gasteiger partial charge in [0.15, 0.2) is 0 Å². The van der Waals surface area contributed by atoms with Crippen molar-refractivity contribution >= 4 is 162 Å². The van der Waals surface area contributed by atoms with Crippen molar-refractivity contribution in [2.24, 2.45) is 0 Å². The van der Waals surface area contributed by atoms with E-state index in [-0.39, 0.29) is 6.71 Å². The Bertz CT molecular complexity index is 6090. The van der Waals surface area contributed by atoms with Gasteiger partial charge in [-0.2, -0.15) is 0 Å². The Kier molecular flexibility index (Phi) is 11.8. The molecule has 98 heavy (non-hydrogen) atoms. The van der Waals surface area contributed by atoms with Gasteiger partial charge in [-0.05, 0) is 174 Å². The van der Waals surface area contributed by atoms with Gasteiger partial charge in [-0.25, -0.2) is 0 Å². The second kappa shape index (κ2) is 21.2. The maximum atomic E-state index is 2.56. The van der Waals surface area contributed by atoms with Crippen molar-refractivity contribution < 1.29 is 0 Å². The van der Waals surface area contributed by atoms with Gasteiger partial charge < -0.3 is 33.0 Å². The summed E-state index contributed by atoms with van der Waals surface area (Å²) in [5.74, 6) is 0. The molecule has 0 amide bonds. The second-order valence-electron chi connectivity index (χ2n) is 26.0. The molecule has 0 bridgehead atoms. The van der Waals surface area contributed by atoms with E-state index in [0.717, 1.165) is 85.0 Å². The standard InChI is InChI=1S/C90H58BN7/c1-5-25-59(26-6-1)92(60-27-7-2-8-28-60)67-57-88-90-89(58-67)94(62-31-11-4-12-32-62)87-56-66(46-50-77(87)91(90)76-49-45-65(55-86(76)93(88)61-29-9-3-10-30-61)97-82-43-23-17-37-72(82)73-38-18-24-44-83(73)97)98-84-51-47-63(95-78-39-19-13-33-68(78)69-34-14-20-40-79(69)95)53-74(84)75-54-64(48-52-85(75)98)96-80-41-21-15-35-70(80)71-36-16-22-42-81(71)96/h1-58H. The first-order valence-corrected chi connectivity index (χ1v) is 33.8. The summed E-state index contributed by atoms with van der Waals surface area (Å²) in [5, 5.41) is 9.75. The summed E-state index contributed by atoms with van der Waals surface area (Å²) in [7, 11) is 0. The molecule has 0 spiro atoms. The molecule has 0 unspecified atom stereocenters. The van der Waals surface area contributed by atoms with Gasteiger partial charge >= 0.3 is 0 Å². The van der Waals surface area contributed by atoms with Crippen LogP contribution in [0.1, 0.15) is 0 Å². The van der Waals surface area contributed by atoms with E-state index in [9.17, 15) is 0 Å². The Morgan fingerprint density at radius 3 is 0.806 bits per heavy atom. The second-order valence-corrected chi connectivity index (χ2v) is 26.0. The van der Waals surface area contributed by atoms with Gasteiger partial charge in [0.2, 0.25) is 0 Å². The van der Waals surface area contributed by atoms with Gasteiger partial charge in [0.1, 0.15) is 0 Å². The highest BCUT2D eigenvalue weighted by molar-refractivity contribution is 7.00. The van der Waals surface area contributed by atoms with Crippen molar-refractivity contribution in [1.82, 2.24) is 18.3 Å². The number of aromatic nitrogens is 4. The average molecular weight is 1250 g/mol. The van der Waals surface area contributed by atoms with E-state index >= 15 is 0 Å². The number of hydrogen-bond donors (Lipinski definition) is 0. The molecule has 6 heterocycles. The number of rotatable bonds is 9. The van der Waals surface area contributed by atoms with Gasteiger partial charge in [0.05, 0.1) is 49.8 Å². The van der Waals surface area contributed by atoms with Crippen molar-refractivity contribution in [1.29, 1.82) is 0 Å². The maximum absolute atomic E-state index is 2.56. The number of nitrogens with zero attached hydrogens (tertiary/aromatic N) is 7. The van der Waals surface area contributed by atoms with Crippen LogP contribution in [0.5, 0.6) is 0 Å². The number of benzene rings is 15. The molecule has 0 saturated carbocycles. The number of fused-ring (bicyclic) bond motifs is 16. The van der Waals surface area contributed by atoms with Crippen molar-refractivity contribution in [3.05, 3.63) is 352 Å². The third-order valence-corrected chi connectivity index (χ3v) is 20.8. The van der Waals surface area contributed by atoms with Gasteiger partial charge in [-0.1, -0.05) is 194 Å². The Morgan fingerprint density at radius 2 is 0.469 bits per heavy atom. The number of para-hydroxylation sites is 10. The minimum Gasteiger partial charge on any atom is -0.311 e. The molecule has 0 atom stereocenters. The lowest BCUT2D eigenvalue weighted by Crippen LogP contribution is -2.61. The predicted octanol–water partition coefficient (Wildman–Crippen LogP) is 21.6. The molecule has 19 aromatic rings. The van der Waals surface area contributed by atoms with Crippen LogP contribution < -0.4 is 31.1 Å². The largest absolute Gasteiger partial charge is 0.311 e. The minimum absolute atomic E-state index is 0.178. The predicted molar refractivity (Wildman–Crippen MR) is 413 cm³/mol. The molecule has 4 aromatic heterocycles. The van der Waals surface area contributed by atoms with E-state index in [1.807, 2.05) is 0 Å². The summed E-state index contributed by atoms with van der Waals surface area (Å²) >= 11 is 0. The molecular formula is C90H58BN7.